The van der Waals surface area contributed by atoms with Crippen molar-refractivity contribution < 1.29 is 29.7 Å². The van der Waals surface area contributed by atoms with Crippen molar-refractivity contribution in [3.05, 3.63) is 12.1 Å². The molecule has 0 radical (unpaired) electrons. The van der Waals surface area contributed by atoms with Gasteiger partial charge in [0.05, 0.1) is 5.92 Å². The average molecular weight is 468 g/mol. The Hall–Kier alpha value is -2.18. The molecular formula is C26H45NO6. The second-order valence-corrected chi connectivity index (χ2v) is 10.2. The molecule has 7 heteroatoms. The summed E-state index contributed by atoms with van der Waals surface area (Å²) in [5, 5.41) is 28.0. The van der Waals surface area contributed by atoms with E-state index in [2.05, 4.69) is 0 Å². The van der Waals surface area contributed by atoms with Gasteiger partial charge in [0.2, 0.25) is 11.8 Å². The van der Waals surface area contributed by atoms with Gasteiger partial charge in [-0.15, -0.1) is 4.73 Å². The first kappa shape index (κ1) is 28.9. The lowest BCUT2D eigenvalue weighted by molar-refractivity contribution is -0.154. The first-order chi connectivity index (χ1) is 15.6. The second-order valence-electron chi connectivity index (χ2n) is 10.2. The molecule has 0 aliphatic heterocycles. The van der Waals surface area contributed by atoms with Gasteiger partial charge in [-0.2, -0.15) is 0 Å². The smallest absolute Gasteiger partial charge is 0.336 e. The van der Waals surface area contributed by atoms with Crippen molar-refractivity contribution in [3.63, 3.8) is 0 Å². The molecule has 7 nitrogen and oxygen atoms in total. The van der Waals surface area contributed by atoms with E-state index in [1.165, 1.54) is 57.1 Å². The zero-order valence-corrected chi connectivity index (χ0v) is 20.9. The summed E-state index contributed by atoms with van der Waals surface area (Å²) in [5.41, 5.74) is -0.272. The van der Waals surface area contributed by atoms with Crippen LogP contribution in [0.5, 0.6) is 11.8 Å². The Bertz CT molecular complexity index is 672. The van der Waals surface area contributed by atoms with Gasteiger partial charge in [0, 0.05) is 18.6 Å². The minimum absolute atomic E-state index is 0.272. The van der Waals surface area contributed by atoms with E-state index in [0.29, 0.717) is 6.42 Å². The summed E-state index contributed by atoms with van der Waals surface area (Å²) in [7, 11) is 0. The van der Waals surface area contributed by atoms with Crippen LogP contribution >= 0.6 is 0 Å². The maximum atomic E-state index is 12.7. The Labute approximate surface area is 199 Å². The zero-order chi connectivity index (χ0) is 24.7. The SMILES string of the molecule is CC(C)(C)C(CCCCCCCCCCCCCCCC(=O)O)C(=O)On1c(O)ccc1O. The topological polar surface area (TPSA) is 109 Å². The molecule has 1 aromatic rings. The number of hydrogen-bond donors (Lipinski definition) is 3. The van der Waals surface area contributed by atoms with Crippen molar-refractivity contribution in [1.29, 1.82) is 0 Å². The van der Waals surface area contributed by atoms with Crippen molar-refractivity contribution >= 4 is 11.9 Å². The van der Waals surface area contributed by atoms with Crippen molar-refractivity contribution in [3.8, 4) is 11.8 Å². The normalized spacial score (nSPS) is 12.6. The van der Waals surface area contributed by atoms with E-state index in [4.69, 9.17) is 9.94 Å². The number of rotatable bonds is 18. The summed E-state index contributed by atoms with van der Waals surface area (Å²) in [6.45, 7) is 6.01. The van der Waals surface area contributed by atoms with Gasteiger partial charge in [0.15, 0.2) is 0 Å². The van der Waals surface area contributed by atoms with Crippen LogP contribution in [0, 0.1) is 11.3 Å². The summed E-state index contributed by atoms with van der Waals surface area (Å²) in [6.07, 6.45) is 15.9. The summed E-state index contributed by atoms with van der Waals surface area (Å²) in [6, 6.07) is 2.56. The second kappa shape index (κ2) is 15.6. The highest BCUT2D eigenvalue weighted by Crippen LogP contribution is 2.32. The van der Waals surface area contributed by atoms with Gasteiger partial charge < -0.3 is 20.2 Å². The fourth-order valence-electron chi connectivity index (χ4n) is 4.12. The zero-order valence-electron chi connectivity index (χ0n) is 20.9. The molecule has 0 saturated heterocycles. The minimum Gasteiger partial charge on any atom is -0.492 e. The van der Waals surface area contributed by atoms with Crippen LogP contribution in [0.15, 0.2) is 12.1 Å². The van der Waals surface area contributed by atoms with E-state index in [-0.39, 0.29) is 23.1 Å². The van der Waals surface area contributed by atoms with E-state index in [1.807, 2.05) is 20.8 Å². The third-order valence-corrected chi connectivity index (χ3v) is 6.19. The number of carbonyl (C=O) groups excluding carboxylic acids is 1. The quantitative estimate of drug-likeness (QED) is 0.214. The highest BCUT2D eigenvalue weighted by molar-refractivity contribution is 5.73. The molecule has 0 aromatic carbocycles. The third-order valence-electron chi connectivity index (χ3n) is 6.19. The Morgan fingerprint density at radius 1 is 0.788 bits per heavy atom. The lowest BCUT2D eigenvalue weighted by Crippen LogP contribution is -2.35. The molecule has 0 aliphatic rings. The molecule has 0 amide bonds. The molecule has 1 rings (SSSR count). The fraction of sp³-hybridized carbons (Fsp3) is 0.769. The molecular weight excluding hydrogens is 422 g/mol. The number of aliphatic carboxylic acids is 1. The van der Waals surface area contributed by atoms with Crippen LogP contribution < -0.4 is 4.84 Å². The third kappa shape index (κ3) is 12.6. The average Bonchev–Trinajstić information content (AvgIpc) is 3.04. The first-order valence-corrected chi connectivity index (χ1v) is 12.7. The van der Waals surface area contributed by atoms with Crippen LogP contribution in [0.2, 0.25) is 0 Å². The number of carboxylic acids is 1. The van der Waals surface area contributed by atoms with E-state index >= 15 is 0 Å². The number of nitrogens with zero attached hydrogens (tertiary/aromatic N) is 1. The van der Waals surface area contributed by atoms with Gasteiger partial charge in [-0.3, -0.25) is 4.79 Å². The van der Waals surface area contributed by atoms with Crippen LogP contribution in [-0.4, -0.2) is 32.0 Å². The van der Waals surface area contributed by atoms with E-state index in [9.17, 15) is 19.8 Å². The van der Waals surface area contributed by atoms with Gasteiger partial charge >= 0.3 is 11.9 Å². The maximum absolute atomic E-state index is 12.7. The molecule has 0 fully saturated rings. The molecule has 0 saturated carbocycles. The maximum Gasteiger partial charge on any atom is 0.336 e. The number of aromatic nitrogens is 1. The first-order valence-electron chi connectivity index (χ1n) is 12.7. The standard InChI is InChI=1S/C26H45NO6/c1-26(2,3)21(25(32)33-27-22(28)19-20-23(27)29)17-15-13-11-9-7-5-4-6-8-10-12-14-16-18-24(30)31/h19-21,28-29H,4-18H2,1-3H3,(H,30,31). The van der Waals surface area contributed by atoms with Crippen LogP contribution in [0.25, 0.3) is 0 Å². The highest BCUT2D eigenvalue weighted by atomic mass is 16.7. The Balaban J connectivity index is 2.10. The molecule has 1 aromatic heterocycles. The van der Waals surface area contributed by atoms with Crippen LogP contribution in [-0.2, 0) is 9.59 Å². The molecule has 0 aliphatic carbocycles. The van der Waals surface area contributed by atoms with Crippen molar-refractivity contribution in [1.82, 2.24) is 4.73 Å². The molecule has 33 heavy (non-hydrogen) atoms. The summed E-state index contributed by atoms with van der Waals surface area (Å²) in [4.78, 5) is 28.4. The summed E-state index contributed by atoms with van der Waals surface area (Å²) >= 11 is 0. The predicted octanol–water partition coefficient (Wildman–Crippen LogP) is 6.45. The van der Waals surface area contributed by atoms with Crippen LogP contribution in [0.4, 0.5) is 0 Å². The number of carboxylic acid groups (broad SMARTS) is 1. The van der Waals surface area contributed by atoms with Crippen LogP contribution in [0.1, 0.15) is 117 Å². The van der Waals surface area contributed by atoms with Gasteiger partial charge in [-0.05, 0) is 18.3 Å². The van der Waals surface area contributed by atoms with E-state index < -0.39 is 11.9 Å². The Morgan fingerprint density at radius 3 is 1.58 bits per heavy atom. The van der Waals surface area contributed by atoms with Gasteiger partial charge in [-0.25, -0.2) is 4.79 Å². The van der Waals surface area contributed by atoms with Gasteiger partial charge in [0.1, 0.15) is 0 Å². The minimum atomic E-state index is -0.693. The van der Waals surface area contributed by atoms with E-state index in [1.54, 1.807) is 0 Å². The van der Waals surface area contributed by atoms with Crippen molar-refractivity contribution in [2.75, 3.05) is 0 Å². The Kier molecular flexibility index (Phi) is 13.7. The largest absolute Gasteiger partial charge is 0.492 e. The van der Waals surface area contributed by atoms with Crippen molar-refractivity contribution in [2.24, 2.45) is 11.3 Å². The molecule has 190 valence electrons. The molecule has 1 unspecified atom stereocenters. The predicted molar refractivity (Wildman–Crippen MR) is 129 cm³/mol. The number of aromatic hydroxyl groups is 2. The lowest BCUT2D eigenvalue weighted by atomic mass is 9.78. The van der Waals surface area contributed by atoms with Gasteiger partial charge in [-0.1, -0.05) is 97.8 Å². The van der Waals surface area contributed by atoms with Crippen molar-refractivity contribution in [2.45, 2.75) is 117 Å². The number of hydrogen-bond acceptors (Lipinski definition) is 5. The number of carbonyl (C=O) groups is 2. The fourth-order valence-corrected chi connectivity index (χ4v) is 4.12. The molecule has 1 heterocycles. The highest BCUT2D eigenvalue weighted by Gasteiger charge is 2.33. The Morgan fingerprint density at radius 2 is 1.18 bits per heavy atom. The monoisotopic (exact) mass is 467 g/mol. The number of unbranched alkanes of at least 4 members (excludes halogenated alkanes) is 12. The molecule has 0 bridgehead atoms. The molecule has 3 N–H and O–H groups in total. The summed E-state index contributed by atoms with van der Waals surface area (Å²) in [5.74, 6) is -2.05. The van der Waals surface area contributed by atoms with Crippen LogP contribution in [0.3, 0.4) is 0 Å². The van der Waals surface area contributed by atoms with E-state index in [0.717, 1.165) is 49.7 Å². The molecule has 1 atom stereocenters. The van der Waals surface area contributed by atoms with Gasteiger partial charge in [0.25, 0.3) is 0 Å². The lowest BCUT2D eigenvalue weighted by Gasteiger charge is -2.28. The summed E-state index contributed by atoms with van der Waals surface area (Å²) < 4.78 is 0.764. The molecule has 0 spiro atoms.